The lowest BCUT2D eigenvalue weighted by Crippen LogP contribution is -2.24. The van der Waals surface area contributed by atoms with Crippen molar-refractivity contribution in [3.05, 3.63) is 0 Å². The summed E-state index contributed by atoms with van der Waals surface area (Å²) in [5.41, 5.74) is 0. The van der Waals surface area contributed by atoms with Gasteiger partial charge in [-0.2, -0.15) is 0 Å². The second-order valence-electron chi connectivity index (χ2n) is 14.6. The van der Waals surface area contributed by atoms with Crippen LogP contribution in [-0.4, -0.2) is 17.7 Å². The lowest BCUT2D eigenvalue weighted by atomic mass is 9.92. The molecule has 0 N–H and O–H groups in total. The maximum absolute atomic E-state index is 12.7. The molecule has 0 saturated carbocycles. The van der Waals surface area contributed by atoms with Crippen LogP contribution in [0.5, 0.6) is 0 Å². The molecule has 0 heterocycles. The zero-order chi connectivity index (χ0) is 33.9. The van der Waals surface area contributed by atoms with Gasteiger partial charge < -0.3 is 0 Å². The zero-order valence-corrected chi connectivity index (χ0v) is 31.3. The van der Waals surface area contributed by atoms with Gasteiger partial charge >= 0.3 is 11.9 Å². The first-order chi connectivity index (χ1) is 22.4. The Labute approximate surface area is 286 Å². The first kappa shape index (κ1) is 44.6. The Hall–Kier alpha value is -1.39. The topological polar surface area (TPSA) is 69.7 Å². The molecule has 0 aliphatic carbocycles. The summed E-state index contributed by atoms with van der Waals surface area (Å²) in [7, 11) is 0. The minimum atomic E-state index is -1.04. The normalized spacial score (nSPS) is 12.0. The first-order valence-corrected chi connectivity index (χ1v) is 20.4. The van der Waals surface area contributed by atoms with Crippen LogP contribution in [0.25, 0.3) is 0 Å². The lowest BCUT2D eigenvalue weighted by Gasteiger charge is -2.15. The van der Waals surface area contributed by atoms with E-state index in [4.69, 9.17) is 9.78 Å². The third-order valence-corrected chi connectivity index (χ3v) is 9.52. The van der Waals surface area contributed by atoms with Crippen molar-refractivity contribution in [3.63, 3.8) is 0 Å². The molecule has 0 fully saturated rings. The van der Waals surface area contributed by atoms with Gasteiger partial charge in [0.25, 0.3) is 0 Å². The van der Waals surface area contributed by atoms with E-state index in [0.717, 1.165) is 44.9 Å². The molecular formula is C41H78O5. The highest BCUT2D eigenvalue weighted by Crippen LogP contribution is 2.22. The Morgan fingerprint density at radius 3 is 1.13 bits per heavy atom. The molecule has 0 spiro atoms. The quantitative estimate of drug-likeness (QED) is 0.0295. The van der Waals surface area contributed by atoms with Crippen molar-refractivity contribution in [1.82, 2.24) is 0 Å². The van der Waals surface area contributed by atoms with Crippen LogP contribution < -0.4 is 0 Å². The molecule has 1 atom stereocenters. The molecule has 1 unspecified atom stereocenters. The Kier molecular flexibility index (Phi) is 33.9. The molecule has 5 heteroatoms. The molecule has 0 aliphatic rings. The standard InChI is InChI=1S/C41H78O5/c1-5-7-9-11-13-15-17-19-21-23-25-27-29-31-33-38(36-35-37(3)4)40(43)45-46-41(44)39(42)34-32-30-28-26-24-22-20-18-16-14-12-10-8-6-2/h37-38H,5-36H2,1-4H3. The third kappa shape index (κ3) is 31.2. The second kappa shape index (κ2) is 34.9. The van der Waals surface area contributed by atoms with Gasteiger partial charge in [0.05, 0.1) is 5.92 Å². The summed E-state index contributed by atoms with van der Waals surface area (Å²) in [5, 5.41) is 0. The molecule has 0 bridgehead atoms. The minimum Gasteiger partial charge on any atom is -0.287 e. The van der Waals surface area contributed by atoms with Crippen LogP contribution in [-0.2, 0) is 24.2 Å². The van der Waals surface area contributed by atoms with E-state index in [-0.39, 0.29) is 12.3 Å². The van der Waals surface area contributed by atoms with Crippen LogP contribution in [0.4, 0.5) is 0 Å². The predicted molar refractivity (Wildman–Crippen MR) is 195 cm³/mol. The van der Waals surface area contributed by atoms with E-state index in [0.29, 0.717) is 12.3 Å². The van der Waals surface area contributed by atoms with E-state index in [1.54, 1.807) is 0 Å². The van der Waals surface area contributed by atoms with Crippen molar-refractivity contribution in [2.45, 2.75) is 233 Å². The average molecular weight is 651 g/mol. The van der Waals surface area contributed by atoms with Crippen molar-refractivity contribution in [2.24, 2.45) is 11.8 Å². The molecule has 272 valence electrons. The van der Waals surface area contributed by atoms with E-state index >= 15 is 0 Å². The molecule has 0 aromatic carbocycles. The van der Waals surface area contributed by atoms with Gasteiger partial charge in [0.15, 0.2) is 0 Å². The fourth-order valence-corrected chi connectivity index (χ4v) is 6.28. The number of carbonyl (C=O) groups excluding carboxylic acids is 3. The number of unbranched alkanes of at least 4 members (excludes halogenated alkanes) is 26. The highest BCUT2D eigenvalue weighted by Gasteiger charge is 2.24. The van der Waals surface area contributed by atoms with E-state index in [1.165, 1.54) is 148 Å². The second-order valence-corrected chi connectivity index (χ2v) is 14.6. The van der Waals surface area contributed by atoms with Crippen LogP contribution in [0.15, 0.2) is 0 Å². The van der Waals surface area contributed by atoms with Crippen molar-refractivity contribution >= 4 is 17.7 Å². The minimum absolute atomic E-state index is 0.157. The van der Waals surface area contributed by atoms with Crippen molar-refractivity contribution in [1.29, 1.82) is 0 Å². The van der Waals surface area contributed by atoms with Crippen molar-refractivity contribution in [3.8, 4) is 0 Å². The van der Waals surface area contributed by atoms with Gasteiger partial charge in [0, 0.05) is 6.42 Å². The summed E-state index contributed by atoms with van der Waals surface area (Å²) in [6, 6.07) is 0. The highest BCUT2D eigenvalue weighted by atomic mass is 17.2. The molecule has 5 nitrogen and oxygen atoms in total. The van der Waals surface area contributed by atoms with E-state index in [2.05, 4.69) is 27.7 Å². The molecule has 0 amide bonds. The Balaban J connectivity index is 3.93. The molecule has 0 aromatic rings. The summed E-state index contributed by atoms with van der Waals surface area (Å²) < 4.78 is 0. The number of hydrogen-bond acceptors (Lipinski definition) is 5. The predicted octanol–water partition coefficient (Wildman–Crippen LogP) is 13.4. The summed E-state index contributed by atoms with van der Waals surface area (Å²) in [4.78, 5) is 46.7. The first-order valence-electron chi connectivity index (χ1n) is 20.4. The number of hydrogen-bond donors (Lipinski definition) is 0. The fraction of sp³-hybridized carbons (Fsp3) is 0.927. The Bertz CT molecular complexity index is 688. The van der Waals surface area contributed by atoms with E-state index < -0.39 is 17.7 Å². The maximum atomic E-state index is 12.7. The van der Waals surface area contributed by atoms with E-state index in [1.807, 2.05) is 0 Å². The molecular weight excluding hydrogens is 572 g/mol. The van der Waals surface area contributed by atoms with Crippen LogP contribution >= 0.6 is 0 Å². The third-order valence-electron chi connectivity index (χ3n) is 9.52. The molecule has 46 heavy (non-hydrogen) atoms. The SMILES string of the molecule is CCCCCCCCCCCCCCCCC(=O)C(=O)OOC(=O)C(CCCCCCCCCCCCCCCC)CCC(C)C. The monoisotopic (exact) mass is 651 g/mol. The lowest BCUT2D eigenvalue weighted by molar-refractivity contribution is -0.260. The van der Waals surface area contributed by atoms with Crippen LogP contribution in [0.2, 0.25) is 0 Å². The highest BCUT2D eigenvalue weighted by molar-refractivity contribution is 6.33. The van der Waals surface area contributed by atoms with Gasteiger partial charge in [-0.1, -0.05) is 207 Å². The molecule has 0 radical (unpaired) electrons. The van der Waals surface area contributed by atoms with Gasteiger partial charge in [-0.05, 0) is 25.2 Å². The van der Waals surface area contributed by atoms with Crippen LogP contribution in [0, 0.1) is 11.8 Å². The number of carbonyl (C=O) groups is 3. The number of rotatable bonds is 35. The molecule has 0 aliphatic heterocycles. The van der Waals surface area contributed by atoms with Crippen LogP contribution in [0.1, 0.15) is 233 Å². The van der Waals surface area contributed by atoms with Gasteiger partial charge in [0.2, 0.25) is 5.78 Å². The van der Waals surface area contributed by atoms with Gasteiger partial charge in [-0.15, -0.1) is 0 Å². The Morgan fingerprint density at radius 1 is 0.413 bits per heavy atom. The van der Waals surface area contributed by atoms with Crippen LogP contribution in [0.3, 0.4) is 0 Å². The maximum Gasteiger partial charge on any atom is 0.421 e. The summed E-state index contributed by atoms with van der Waals surface area (Å²) in [6.45, 7) is 8.82. The average Bonchev–Trinajstić information content (AvgIpc) is 3.04. The summed E-state index contributed by atoms with van der Waals surface area (Å²) in [5.74, 6) is -1.94. The molecule has 0 saturated heterocycles. The van der Waals surface area contributed by atoms with Gasteiger partial charge in [0.1, 0.15) is 0 Å². The van der Waals surface area contributed by atoms with Crippen molar-refractivity contribution in [2.75, 3.05) is 0 Å². The fourth-order valence-electron chi connectivity index (χ4n) is 6.28. The van der Waals surface area contributed by atoms with Gasteiger partial charge in [-0.3, -0.25) is 4.79 Å². The summed E-state index contributed by atoms with van der Waals surface area (Å²) in [6.07, 6.45) is 38.1. The number of ketones is 1. The molecule has 0 rings (SSSR count). The zero-order valence-electron chi connectivity index (χ0n) is 31.3. The van der Waals surface area contributed by atoms with E-state index in [9.17, 15) is 14.4 Å². The smallest absolute Gasteiger partial charge is 0.287 e. The Morgan fingerprint density at radius 2 is 0.761 bits per heavy atom. The van der Waals surface area contributed by atoms with Crippen molar-refractivity contribution < 1.29 is 24.2 Å². The molecule has 0 aromatic heterocycles. The summed E-state index contributed by atoms with van der Waals surface area (Å²) >= 11 is 0. The van der Waals surface area contributed by atoms with Gasteiger partial charge in [-0.25, -0.2) is 19.4 Å². The largest absolute Gasteiger partial charge is 0.421 e. The number of Topliss-reactive ketones (excluding diaryl/α,β-unsaturated/α-hetero) is 1.